The van der Waals surface area contributed by atoms with E-state index in [0.717, 1.165) is 15.4 Å². The summed E-state index contributed by atoms with van der Waals surface area (Å²) in [5.41, 5.74) is 1.58. The molecule has 0 radical (unpaired) electrons. The number of nitrogens with zero attached hydrogens (tertiary/aromatic N) is 1. The van der Waals surface area contributed by atoms with Crippen molar-refractivity contribution in [3.05, 3.63) is 95.0 Å². The molecule has 0 unspecified atom stereocenters. The number of ether oxygens (including phenoxy) is 1. The number of halogens is 1. The van der Waals surface area contributed by atoms with Gasteiger partial charge in [0.15, 0.2) is 0 Å². The smallest absolute Gasteiger partial charge is 0.243 e. The van der Waals surface area contributed by atoms with Crippen LogP contribution in [0, 0.1) is 0 Å². The highest BCUT2D eigenvalue weighted by molar-refractivity contribution is 7.89. The van der Waals surface area contributed by atoms with E-state index in [1.165, 1.54) is 24.3 Å². The predicted molar refractivity (Wildman–Crippen MR) is 125 cm³/mol. The summed E-state index contributed by atoms with van der Waals surface area (Å²) in [7, 11) is -2.37. The number of carbonyl (C=O) groups excluding carboxylic acids is 1. The molecule has 3 aromatic rings. The highest BCUT2D eigenvalue weighted by atomic mass is 35.5. The number of carbonyl (C=O) groups is 1. The summed E-state index contributed by atoms with van der Waals surface area (Å²) >= 11 is 5.91. The van der Waals surface area contributed by atoms with E-state index in [0.29, 0.717) is 10.8 Å². The van der Waals surface area contributed by atoms with Gasteiger partial charge in [0.25, 0.3) is 0 Å². The maximum atomic E-state index is 13.3. The Morgan fingerprint density at radius 3 is 2.28 bits per heavy atom. The number of para-hydroxylation sites is 1. The third-order valence-corrected chi connectivity index (χ3v) is 7.01. The Morgan fingerprint density at radius 1 is 1.00 bits per heavy atom. The second-order valence-corrected chi connectivity index (χ2v) is 9.62. The van der Waals surface area contributed by atoms with Gasteiger partial charge in [0.1, 0.15) is 5.75 Å². The van der Waals surface area contributed by atoms with Crippen LogP contribution >= 0.6 is 11.6 Å². The van der Waals surface area contributed by atoms with Crippen molar-refractivity contribution in [1.29, 1.82) is 0 Å². The number of sulfonamides is 1. The van der Waals surface area contributed by atoms with Gasteiger partial charge in [-0.2, -0.15) is 4.31 Å². The minimum Gasteiger partial charge on any atom is -0.496 e. The molecule has 0 saturated carbocycles. The number of amides is 1. The van der Waals surface area contributed by atoms with Gasteiger partial charge in [0, 0.05) is 17.1 Å². The van der Waals surface area contributed by atoms with Crippen LogP contribution in [0.3, 0.4) is 0 Å². The molecule has 0 heterocycles. The van der Waals surface area contributed by atoms with E-state index in [-0.39, 0.29) is 24.0 Å². The van der Waals surface area contributed by atoms with Crippen LogP contribution in [-0.2, 0) is 21.4 Å². The van der Waals surface area contributed by atoms with Crippen LogP contribution in [0.4, 0.5) is 0 Å². The fourth-order valence-corrected chi connectivity index (χ4v) is 4.83. The molecule has 1 atom stereocenters. The monoisotopic (exact) mass is 472 g/mol. The van der Waals surface area contributed by atoms with E-state index in [2.05, 4.69) is 5.32 Å². The Hall–Kier alpha value is -2.87. The van der Waals surface area contributed by atoms with Crippen molar-refractivity contribution in [3.8, 4) is 5.75 Å². The van der Waals surface area contributed by atoms with Crippen LogP contribution in [0.25, 0.3) is 0 Å². The lowest BCUT2D eigenvalue weighted by molar-refractivity contribution is -0.122. The Kier molecular flexibility index (Phi) is 7.90. The standard InChI is InChI=1S/C24H25ClN2O4S/c1-18(22-10-6-7-11-23(22)31-2)26-24(28)17-27(16-19-8-4-3-5-9-19)32(29,30)21-14-12-20(25)13-15-21/h3-15,18H,16-17H2,1-2H3,(H,26,28)/t18-/m0/s1. The Morgan fingerprint density at radius 2 is 1.62 bits per heavy atom. The zero-order valence-electron chi connectivity index (χ0n) is 17.9. The topological polar surface area (TPSA) is 75.7 Å². The van der Waals surface area contributed by atoms with Gasteiger partial charge in [-0.25, -0.2) is 8.42 Å². The third-order valence-electron chi connectivity index (χ3n) is 4.96. The lowest BCUT2D eigenvalue weighted by Gasteiger charge is -2.24. The van der Waals surface area contributed by atoms with Crippen LogP contribution in [0.2, 0.25) is 5.02 Å². The Bertz CT molecular complexity index is 1150. The van der Waals surface area contributed by atoms with Crippen LogP contribution in [0.15, 0.2) is 83.8 Å². The Balaban J connectivity index is 1.83. The Labute approximate surface area is 193 Å². The van der Waals surface area contributed by atoms with E-state index in [1.54, 1.807) is 7.11 Å². The molecule has 168 valence electrons. The molecule has 0 spiro atoms. The van der Waals surface area contributed by atoms with Gasteiger partial charge in [-0.1, -0.05) is 60.1 Å². The average molecular weight is 473 g/mol. The zero-order chi connectivity index (χ0) is 23.1. The van der Waals surface area contributed by atoms with E-state index < -0.39 is 15.9 Å². The van der Waals surface area contributed by atoms with Gasteiger partial charge in [0.2, 0.25) is 15.9 Å². The quantitative estimate of drug-likeness (QED) is 0.500. The first-order valence-electron chi connectivity index (χ1n) is 10.0. The van der Waals surface area contributed by atoms with Crippen LogP contribution in [0.5, 0.6) is 5.75 Å². The van der Waals surface area contributed by atoms with E-state index >= 15 is 0 Å². The van der Waals surface area contributed by atoms with Gasteiger partial charge in [-0.15, -0.1) is 0 Å². The summed E-state index contributed by atoms with van der Waals surface area (Å²) in [6, 6.07) is 22.0. The number of hydrogen-bond donors (Lipinski definition) is 1. The molecule has 1 N–H and O–H groups in total. The minimum atomic E-state index is -3.94. The number of nitrogens with one attached hydrogen (secondary N) is 1. The number of rotatable bonds is 9. The molecule has 32 heavy (non-hydrogen) atoms. The lowest BCUT2D eigenvalue weighted by Crippen LogP contribution is -2.41. The van der Waals surface area contributed by atoms with Crippen molar-refractivity contribution in [1.82, 2.24) is 9.62 Å². The highest BCUT2D eigenvalue weighted by Gasteiger charge is 2.27. The van der Waals surface area contributed by atoms with Crippen LogP contribution in [0.1, 0.15) is 24.1 Å². The van der Waals surface area contributed by atoms with E-state index in [9.17, 15) is 13.2 Å². The van der Waals surface area contributed by atoms with Crippen molar-refractivity contribution in [3.63, 3.8) is 0 Å². The van der Waals surface area contributed by atoms with Gasteiger partial charge in [0.05, 0.1) is 24.6 Å². The molecular formula is C24H25ClN2O4S. The molecule has 0 aliphatic rings. The maximum absolute atomic E-state index is 13.3. The molecule has 0 bridgehead atoms. The minimum absolute atomic E-state index is 0.0578. The summed E-state index contributed by atoms with van der Waals surface area (Å²) in [6.45, 7) is 1.55. The van der Waals surface area contributed by atoms with Crippen LogP contribution in [-0.4, -0.2) is 32.3 Å². The first kappa shape index (κ1) is 23.8. The van der Waals surface area contributed by atoms with Gasteiger partial charge >= 0.3 is 0 Å². The number of methoxy groups -OCH3 is 1. The predicted octanol–water partition coefficient (Wildman–Crippen LogP) is 4.42. The molecule has 0 saturated heterocycles. The molecule has 3 aromatic carbocycles. The second-order valence-electron chi connectivity index (χ2n) is 7.24. The third kappa shape index (κ3) is 5.88. The lowest BCUT2D eigenvalue weighted by atomic mass is 10.1. The molecule has 3 rings (SSSR count). The highest BCUT2D eigenvalue weighted by Crippen LogP contribution is 2.25. The summed E-state index contributed by atoms with van der Waals surface area (Å²) < 4.78 is 33.2. The summed E-state index contributed by atoms with van der Waals surface area (Å²) in [4.78, 5) is 13.0. The molecule has 0 fully saturated rings. The van der Waals surface area contributed by atoms with Crippen molar-refractivity contribution < 1.29 is 17.9 Å². The van der Waals surface area contributed by atoms with Gasteiger partial charge < -0.3 is 10.1 Å². The summed E-state index contributed by atoms with van der Waals surface area (Å²) in [5.74, 6) is 0.229. The fourth-order valence-electron chi connectivity index (χ4n) is 3.32. The molecule has 1 amide bonds. The van der Waals surface area contributed by atoms with Crippen LogP contribution < -0.4 is 10.1 Å². The van der Waals surface area contributed by atoms with Crippen molar-refractivity contribution in [2.24, 2.45) is 0 Å². The second kappa shape index (κ2) is 10.6. The average Bonchev–Trinajstić information content (AvgIpc) is 2.79. The largest absolute Gasteiger partial charge is 0.496 e. The first-order valence-corrected chi connectivity index (χ1v) is 11.8. The summed E-state index contributed by atoms with van der Waals surface area (Å²) in [5, 5.41) is 3.31. The van der Waals surface area contributed by atoms with Gasteiger partial charge in [-0.05, 0) is 42.8 Å². The number of hydrogen-bond acceptors (Lipinski definition) is 4. The summed E-state index contributed by atoms with van der Waals surface area (Å²) in [6.07, 6.45) is 0. The molecule has 0 aromatic heterocycles. The van der Waals surface area contributed by atoms with Crippen molar-refractivity contribution >= 4 is 27.5 Å². The fraction of sp³-hybridized carbons (Fsp3) is 0.208. The maximum Gasteiger partial charge on any atom is 0.243 e. The normalized spacial score (nSPS) is 12.4. The SMILES string of the molecule is COc1ccccc1[C@H](C)NC(=O)CN(Cc1ccccc1)S(=O)(=O)c1ccc(Cl)cc1. The van der Waals surface area contributed by atoms with E-state index in [4.69, 9.17) is 16.3 Å². The molecular weight excluding hydrogens is 448 g/mol. The van der Waals surface area contributed by atoms with E-state index in [1.807, 2.05) is 61.5 Å². The van der Waals surface area contributed by atoms with Crippen molar-refractivity contribution in [2.75, 3.05) is 13.7 Å². The van der Waals surface area contributed by atoms with Crippen molar-refractivity contribution in [2.45, 2.75) is 24.4 Å². The molecule has 8 heteroatoms. The number of benzene rings is 3. The molecule has 0 aliphatic heterocycles. The first-order chi connectivity index (χ1) is 15.3. The van der Waals surface area contributed by atoms with Gasteiger partial charge in [-0.3, -0.25) is 4.79 Å². The zero-order valence-corrected chi connectivity index (χ0v) is 19.4. The molecule has 6 nitrogen and oxygen atoms in total. The molecule has 0 aliphatic carbocycles.